The standard InChI is InChI=1S/C21H20F2N2O5S/c1-12-10-17(25-19(26)15-4-3-9-29-15)31-18(12)20(27)24-8-7-13-5-6-14(28-2)16(11-13)30-21(22)23/h3-6,9-11,21H,7-8H2,1-2H3,(H,24,27)(H,25,26). The summed E-state index contributed by atoms with van der Waals surface area (Å²) >= 11 is 1.15. The molecule has 0 aliphatic rings. The number of ether oxygens (including phenoxy) is 2. The highest BCUT2D eigenvalue weighted by molar-refractivity contribution is 7.18. The topological polar surface area (TPSA) is 89.8 Å². The van der Waals surface area contributed by atoms with Gasteiger partial charge in [0.15, 0.2) is 17.3 Å². The Balaban J connectivity index is 1.57. The molecule has 164 valence electrons. The van der Waals surface area contributed by atoms with E-state index in [1.807, 2.05) is 0 Å². The molecule has 10 heteroatoms. The second kappa shape index (κ2) is 10.1. The molecule has 0 saturated carbocycles. The van der Waals surface area contributed by atoms with Crippen molar-refractivity contribution in [2.45, 2.75) is 20.0 Å². The molecule has 2 aromatic heterocycles. The number of anilines is 1. The molecule has 2 heterocycles. The van der Waals surface area contributed by atoms with E-state index in [4.69, 9.17) is 9.15 Å². The number of rotatable bonds is 9. The fraction of sp³-hybridized carbons (Fsp3) is 0.238. The van der Waals surface area contributed by atoms with Gasteiger partial charge in [0, 0.05) is 6.54 Å². The molecule has 2 amide bonds. The molecule has 0 unspecified atom stereocenters. The molecule has 7 nitrogen and oxygen atoms in total. The van der Waals surface area contributed by atoms with Gasteiger partial charge in [-0.2, -0.15) is 8.78 Å². The normalized spacial score (nSPS) is 10.7. The molecule has 0 radical (unpaired) electrons. The van der Waals surface area contributed by atoms with E-state index in [2.05, 4.69) is 15.4 Å². The zero-order valence-corrected chi connectivity index (χ0v) is 17.6. The Hall–Kier alpha value is -3.40. The minimum Gasteiger partial charge on any atom is -0.493 e. The number of aryl methyl sites for hydroxylation is 1. The van der Waals surface area contributed by atoms with Crippen molar-refractivity contribution in [1.82, 2.24) is 5.32 Å². The number of carbonyl (C=O) groups excluding carboxylic acids is 2. The molecule has 31 heavy (non-hydrogen) atoms. The SMILES string of the molecule is COc1ccc(CCNC(=O)c2sc(NC(=O)c3ccco3)cc2C)cc1OC(F)F. The Morgan fingerprint density at radius 2 is 1.97 bits per heavy atom. The van der Waals surface area contributed by atoms with Crippen LogP contribution in [-0.2, 0) is 6.42 Å². The predicted octanol–water partition coefficient (Wildman–Crippen LogP) is 4.48. The number of furan rings is 1. The van der Waals surface area contributed by atoms with E-state index in [1.54, 1.807) is 31.2 Å². The van der Waals surface area contributed by atoms with E-state index in [-0.39, 0.29) is 29.7 Å². The number of amides is 2. The first kappa shape index (κ1) is 22.3. The maximum atomic E-state index is 12.5. The smallest absolute Gasteiger partial charge is 0.387 e. The Morgan fingerprint density at radius 3 is 2.65 bits per heavy atom. The fourth-order valence-electron chi connectivity index (χ4n) is 2.82. The molecule has 1 aromatic carbocycles. The van der Waals surface area contributed by atoms with E-state index in [0.29, 0.717) is 27.4 Å². The van der Waals surface area contributed by atoms with Crippen molar-refractivity contribution in [2.75, 3.05) is 19.0 Å². The van der Waals surface area contributed by atoms with E-state index in [0.717, 1.165) is 11.3 Å². The fourth-order valence-corrected chi connectivity index (χ4v) is 3.80. The summed E-state index contributed by atoms with van der Waals surface area (Å²) in [5.74, 6) is -0.386. The van der Waals surface area contributed by atoms with Crippen molar-refractivity contribution < 1.29 is 32.3 Å². The highest BCUT2D eigenvalue weighted by Gasteiger charge is 2.17. The minimum absolute atomic E-state index is 0.0626. The van der Waals surface area contributed by atoms with Gasteiger partial charge in [0.1, 0.15) is 0 Å². The van der Waals surface area contributed by atoms with Crippen LogP contribution in [0.3, 0.4) is 0 Å². The number of hydrogen-bond donors (Lipinski definition) is 2. The average molecular weight is 450 g/mol. The minimum atomic E-state index is -2.96. The molecule has 0 atom stereocenters. The van der Waals surface area contributed by atoms with Crippen LogP contribution in [0.25, 0.3) is 0 Å². The van der Waals surface area contributed by atoms with Gasteiger partial charge in [-0.15, -0.1) is 11.3 Å². The lowest BCUT2D eigenvalue weighted by Crippen LogP contribution is -2.25. The molecule has 2 N–H and O–H groups in total. The molecule has 0 aliphatic heterocycles. The van der Waals surface area contributed by atoms with Gasteiger partial charge in [-0.25, -0.2) is 0 Å². The van der Waals surface area contributed by atoms with Gasteiger partial charge in [-0.3, -0.25) is 9.59 Å². The Morgan fingerprint density at radius 1 is 1.16 bits per heavy atom. The van der Waals surface area contributed by atoms with Gasteiger partial charge >= 0.3 is 6.61 Å². The van der Waals surface area contributed by atoms with Crippen molar-refractivity contribution in [3.05, 3.63) is 64.4 Å². The quantitative estimate of drug-likeness (QED) is 0.502. The number of methoxy groups -OCH3 is 1. The van der Waals surface area contributed by atoms with Crippen LogP contribution in [0, 0.1) is 6.92 Å². The molecule has 3 rings (SSSR count). The third-order valence-corrected chi connectivity index (χ3v) is 5.40. The van der Waals surface area contributed by atoms with Crippen molar-refractivity contribution in [2.24, 2.45) is 0 Å². The number of halogens is 2. The van der Waals surface area contributed by atoms with Crippen LogP contribution in [-0.4, -0.2) is 32.1 Å². The first-order valence-corrected chi connectivity index (χ1v) is 10.0. The van der Waals surface area contributed by atoms with Crippen LogP contribution in [0.4, 0.5) is 13.8 Å². The Kier molecular flexibility index (Phi) is 7.24. The molecule has 3 aromatic rings. The van der Waals surface area contributed by atoms with Crippen LogP contribution < -0.4 is 20.1 Å². The summed E-state index contributed by atoms with van der Waals surface area (Å²) in [5, 5.41) is 6.01. The van der Waals surface area contributed by atoms with Crippen LogP contribution >= 0.6 is 11.3 Å². The maximum absolute atomic E-state index is 12.5. The number of hydrogen-bond acceptors (Lipinski definition) is 6. The van der Waals surface area contributed by atoms with Gasteiger partial charge in [0.05, 0.1) is 23.3 Å². The summed E-state index contributed by atoms with van der Waals surface area (Å²) in [4.78, 5) is 25.1. The number of alkyl halides is 2. The molecule has 0 bridgehead atoms. The number of benzene rings is 1. The molecule has 0 saturated heterocycles. The molecular formula is C21H20F2N2O5S. The third-order valence-electron chi connectivity index (χ3n) is 4.25. The number of carbonyl (C=O) groups is 2. The van der Waals surface area contributed by atoms with Gasteiger partial charge in [-0.05, 0) is 54.8 Å². The first-order chi connectivity index (χ1) is 14.9. The highest BCUT2D eigenvalue weighted by Crippen LogP contribution is 2.30. The highest BCUT2D eigenvalue weighted by atomic mass is 32.1. The van der Waals surface area contributed by atoms with Crippen LogP contribution in [0.15, 0.2) is 47.1 Å². The zero-order chi connectivity index (χ0) is 22.4. The van der Waals surface area contributed by atoms with Crippen molar-refractivity contribution in [3.8, 4) is 11.5 Å². The second-order valence-corrected chi connectivity index (χ2v) is 7.48. The second-order valence-electron chi connectivity index (χ2n) is 6.42. The summed E-state index contributed by atoms with van der Waals surface area (Å²) in [6.45, 7) is -0.913. The van der Waals surface area contributed by atoms with Crippen molar-refractivity contribution in [1.29, 1.82) is 0 Å². The summed E-state index contributed by atoms with van der Waals surface area (Å²) in [6.07, 6.45) is 1.81. The maximum Gasteiger partial charge on any atom is 0.387 e. The third kappa shape index (κ3) is 5.82. The van der Waals surface area contributed by atoms with Crippen molar-refractivity contribution in [3.63, 3.8) is 0 Å². The van der Waals surface area contributed by atoms with E-state index in [9.17, 15) is 18.4 Å². The van der Waals surface area contributed by atoms with Gasteiger partial charge in [0.2, 0.25) is 0 Å². The van der Waals surface area contributed by atoms with Gasteiger partial charge in [0.25, 0.3) is 11.8 Å². The summed E-state index contributed by atoms with van der Waals surface area (Å²) in [7, 11) is 1.36. The predicted molar refractivity (Wildman–Crippen MR) is 111 cm³/mol. The Labute approximate surface area is 181 Å². The Bertz CT molecular complexity index is 1050. The number of nitrogens with one attached hydrogen (secondary N) is 2. The summed E-state index contributed by atoms with van der Waals surface area (Å²) in [5.41, 5.74) is 1.42. The summed E-state index contributed by atoms with van der Waals surface area (Å²) in [6, 6.07) is 9.56. The van der Waals surface area contributed by atoms with E-state index >= 15 is 0 Å². The summed E-state index contributed by atoms with van der Waals surface area (Å²) < 4.78 is 39.6. The number of thiophene rings is 1. The van der Waals surface area contributed by atoms with Crippen LogP contribution in [0.1, 0.15) is 31.4 Å². The first-order valence-electron chi connectivity index (χ1n) is 9.22. The van der Waals surface area contributed by atoms with Gasteiger partial charge < -0.3 is 24.5 Å². The van der Waals surface area contributed by atoms with Gasteiger partial charge in [-0.1, -0.05) is 6.07 Å². The van der Waals surface area contributed by atoms with E-state index < -0.39 is 12.5 Å². The monoisotopic (exact) mass is 450 g/mol. The lowest BCUT2D eigenvalue weighted by molar-refractivity contribution is -0.0512. The molecule has 0 spiro atoms. The van der Waals surface area contributed by atoms with Crippen LogP contribution in [0.2, 0.25) is 0 Å². The van der Waals surface area contributed by atoms with E-state index in [1.165, 1.54) is 25.5 Å². The lowest BCUT2D eigenvalue weighted by atomic mass is 10.1. The lowest BCUT2D eigenvalue weighted by Gasteiger charge is -2.12. The zero-order valence-electron chi connectivity index (χ0n) is 16.7. The molecule has 0 aliphatic carbocycles. The van der Waals surface area contributed by atoms with Crippen molar-refractivity contribution >= 4 is 28.2 Å². The van der Waals surface area contributed by atoms with Crippen LogP contribution in [0.5, 0.6) is 11.5 Å². The molecule has 0 fully saturated rings. The molecular weight excluding hydrogens is 430 g/mol. The largest absolute Gasteiger partial charge is 0.493 e. The average Bonchev–Trinajstić information content (AvgIpc) is 3.38.